The molecule has 0 aliphatic carbocycles. The average Bonchev–Trinajstić information content (AvgIpc) is 2.83. The van der Waals surface area contributed by atoms with Crippen LogP contribution in [0.5, 0.6) is 0 Å². The zero-order chi connectivity index (χ0) is 17.2. The summed E-state index contributed by atoms with van der Waals surface area (Å²) in [6, 6.07) is 4.59. The van der Waals surface area contributed by atoms with Crippen molar-refractivity contribution in [3.63, 3.8) is 0 Å². The number of rotatable bonds is 8. The Bertz CT molecular complexity index is 518. The molecule has 1 aromatic heterocycles. The first-order valence-corrected chi connectivity index (χ1v) is 9.02. The molecule has 7 heteroatoms. The van der Waals surface area contributed by atoms with Crippen molar-refractivity contribution in [2.24, 2.45) is 4.99 Å². The van der Waals surface area contributed by atoms with Crippen molar-refractivity contribution >= 4 is 47.2 Å². The fourth-order valence-electron chi connectivity index (χ4n) is 2.08. The number of aryl methyl sites for hydroxylation is 1. The predicted molar refractivity (Wildman–Crippen MR) is 113 cm³/mol. The largest absolute Gasteiger partial charge is 0.463 e. The highest BCUT2D eigenvalue weighted by molar-refractivity contribution is 14.0. The van der Waals surface area contributed by atoms with Gasteiger partial charge in [-0.3, -0.25) is 9.79 Å². The van der Waals surface area contributed by atoms with Crippen LogP contribution in [0, 0.1) is 6.92 Å². The molecule has 5 nitrogen and oxygen atoms in total. The zero-order valence-electron chi connectivity index (χ0n) is 15.2. The molecule has 1 aromatic rings. The van der Waals surface area contributed by atoms with Crippen LogP contribution >= 0.6 is 35.3 Å². The molecule has 0 fully saturated rings. The van der Waals surface area contributed by atoms with Crippen molar-refractivity contribution in [1.82, 2.24) is 10.6 Å². The predicted octanol–water partition coefficient (Wildman–Crippen LogP) is 3.50. The van der Waals surface area contributed by atoms with Crippen LogP contribution < -0.4 is 10.6 Å². The average molecular weight is 467 g/mol. The minimum absolute atomic E-state index is 0. The third kappa shape index (κ3) is 10.1. The molecule has 0 saturated heterocycles. The fraction of sp³-hybridized carbons (Fsp3) is 0.647. The second-order valence-electron chi connectivity index (χ2n) is 5.81. The molecule has 0 saturated carbocycles. The molecule has 0 aliphatic rings. The highest BCUT2D eigenvalue weighted by Crippen LogP contribution is 2.16. The number of ether oxygens (including phenoxy) is 1. The molecule has 1 unspecified atom stereocenters. The van der Waals surface area contributed by atoms with Crippen LogP contribution in [-0.2, 0) is 16.0 Å². The van der Waals surface area contributed by atoms with Crippen LogP contribution in [0.2, 0.25) is 0 Å². The van der Waals surface area contributed by atoms with Crippen molar-refractivity contribution in [2.75, 3.05) is 13.1 Å². The maximum atomic E-state index is 11.5. The Kier molecular flexibility index (Phi) is 12.1. The Morgan fingerprint density at radius 2 is 2.04 bits per heavy atom. The summed E-state index contributed by atoms with van der Waals surface area (Å²) in [5.41, 5.74) is 0. The summed E-state index contributed by atoms with van der Waals surface area (Å²) in [6.45, 7) is 11.2. The summed E-state index contributed by atoms with van der Waals surface area (Å²) < 4.78 is 5.11. The molecule has 0 aliphatic heterocycles. The van der Waals surface area contributed by atoms with E-state index < -0.39 is 0 Å². The number of aliphatic imine (C=N–C) groups is 1. The summed E-state index contributed by atoms with van der Waals surface area (Å²) >= 11 is 1.82. The summed E-state index contributed by atoms with van der Waals surface area (Å²) in [5, 5.41) is 6.59. The smallest absolute Gasteiger partial charge is 0.307 e. The Morgan fingerprint density at radius 1 is 1.33 bits per heavy atom. The van der Waals surface area contributed by atoms with Gasteiger partial charge in [0.15, 0.2) is 5.96 Å². The molecule has 0 amide bonds. The number of hydrogen-bond acceptors (Lipinski definition) is 4. The number of carbonyl (C=O) groups is 1. The van der Waals surface area contributed by atoms with E-state index >= 15 is 0 Å². The van der Waals surface area contributed by atoms with Crippen molar-refractivity contribution < 1.29 is 9.53 Å². The molecule has 1 atom stereocenters. The molecule has 138 valence electrons. The lowest BCUT2D eigenvalue weighted by atomic mass is 10.2. The highest BCUT2D eigenvalue weighted by atomic mass is 127. The Balaban J connectivity index is 0.00000529. The lowest BCUT2D eigenvalue weighted by molar-refractivity contribution is -0.147. The van der Waals surface area contributed by atoms with Gasteiger partial charge in [-0.1, -0.05) is 0 Å². The maximum absolute atomic E-state index is 11.5. The lowest BCUT2D eigenvalue weighted by Crippen LogP contribution is -2.43. The first-order valence-electron chi connectivity index (χ1n) is 8.20. The maximum Gasteiger partial charge on any atom is 0.307 e. The molecule has 2 N–H and O–H groups in total. The van der Waals surface area contributed by atoms with E-state index in [9.17, 15) is 4.79 Å². The summed E-state index contributed by atoms with van der Waals surface area (Å²) in [6.07, 6.45) is 1.18. The number of esters is 1. The van der Waals surface area contributed by atoms with E-state index in [4.69, 9.17) is 4.74 Å². The fourth-order valence-corrected chi connectivity index (χ4v) is 3.10. The number of thiophene rings is 1. The second-order valence-corrected chi connectivity index (χ2v) is 7.18. The Morgan fingerprint density at radius 3 is 2.58 bits per heavy atom. The van der Waals surface area contributed by atoms with E-state index in [-0.39, 0.29) is 42.1 Å². The van der Waals surface area contributed by atoms with E-state index in [1.807, 2.05) is 32.1 Å². The van der Waals surface area contributed by atoms with Gasteiger partial charge in [0.1, 0.15) is 0 Å². The van der Waals surface area contributed by atoms with Gasteiger partial charge in [-0.05, 0) is 46.8 Å². The molecule has 0 radical (unpaired) electrons. The van der Waals surface area contributed by atoms with Gasteiger partial charge in [0.2, 0.25) is 0 Å². The van der Waals surface area contributed by atoms with Crippen LogP contribution in [0.3, 0.4) is 0 Å². The van der Waals surface area contributed by atoms with Crippen LogP contribution in [0.1, 0.15) is 43.9 Å². The molecule has 0 spiro atoms. The first-order chi connectivity index (χ1) is 10.9. The zero-order valence-corrected chi connectivity index (χ0v) is 18.4. The van der Waals surface area contributed by atoms with Crippen molar-refractivity contribution in [3.05, 3.63) is 21.9 Å². The van der Waals surface area contributed by atoms with Gasteiger partial charge in [0.05, 0.1) is 19.1 Å². The molecule has 24 heavy (non-hydrogen) atoms. The van der Waals surface area contributed by atoms with E-state index in [1.54, 1.807) is 0 Å². The van der Waals surface area contributed by atoms with Gasteiger partial charge in [-0.15, -0.1) is 35.3 Å². The Labute approximate surface area is 166 Å². The molecular formula is C17H30IN3O2S. The number of nitrogens with zero attached hydrogens (tertiary/aromatic N) is 1. The van der Waals surface area contributed by atoms with Crippen molar-refractivity contribution in [2.45, 2.75) is 59.6 Å². The quantitative estimate of drug-likeness (QED) is 0.266. The number of hydrogen-bond donors (Lipinski definition) is 2. The number of carbonyl (C=O) groups excluding carboxylic acids is 1. The molecule has 1 heterocycles. The standard InChI is InChI=1S/C17H29N3O2S.HI/c1-6-18-17(19-10-9-16(21)22-12(2)3)20-13(4)11-15-8-7-14(5)23-15;/h7-8,12-13H,6,9-11H2,1-5H3,(H2,18,19,20);1H. The third-order valence-corrected chi connectivity index (χ3v) is 4.01. The number of halogens is 1. The van der Waals surface area contributed by atoms with Gasteiger partial charge in [0, 0.05) is 28.8 Å². The van der Waals surface area contributed by atoms with Gasteiger partial charge >= 0.3 is 5.97 Å². The SMILES string of the molecule is CCNC(=NCCC(=O)OC(C)C)NC(C)Cc1ccc(C)s1.I. The van der Waals surface area contributed by atoms with E-state index in [1.165, 1.54) is 9.75 Å². The highest BCUT2D eigenvalue weighted by Gasteiger charge is 2.09. The number of guanidine groups is 1. The van der Waals surface area contributed by atoms with E-state index in [0.29, 0.717) is 13.0 Å². The molecule has 0 aromatic carbocycles. The summed E-state index contributed by atoms with van der Waals surface area (Å²) in [5.74, 6) is 0.535. The van der Waals surface area contributed by atoms with Crippen LogP contribution in [-0.4, -0.2) is 37.2 Å². The monoisotopic (exact) mass is 467 g/mol. The van der Waals surface area contributed by atoms with Crippen LogP contribution in [0.4, 0.5) is 0 Å². The Hall–Kier alpha value is -0.830. The van der Waals surface area contributed by atoms with Crippen LogP contribution in [0.15, 0.2) is 17.1 Å². The second kappa shape index (κ2) is 12.5. The van der Waals surface area contributed by atoms with Gasteiger partial charge < -0.3 is 15.4 Å². The molecule has 0 bridgehead atoms. The molecular weight excluding hydrogens is 437 g/mol. The first kappa shape index (κ1) is 23.2. The van der Waals surface area contributed by atoms with Crippen LogP contribution in [0.25, 0.3) is 0 Å². The minimum Gasteiger partial charge on any atom is -0.463 e. The number of nitrogens with one attached hydrogen (secondary N) is 2. The summed E-state index contributed by atoms with van der Waals surface area (Å²) in [7, 11) is 0. The minimum atomic E-state index is -0.207. The topological polar surface area (TPSA) is 62.7 Å². The van der Waals surface area contributed by atoms with E-state index in [2.05, 4.69) is 41.6 Å². The van der Waals surface area contributed by atoms with Crippen molar-refractivity contribution in [3.8, 4) is 0 Å². The normalized spacial score (nSPS) is 12.5. The lowest BCUT2D eigenvalue weighted by Gasteiger charge is -2.17. The van der Waals surface area contributed by atoms with Crippen molar-refractivity contribution in [1.29, 1.82) is 0 Å². The third-order valence-electron chi connectivity index (χ3n) is 2.98. The summed E-state index contributed by atoms with van der Waals surface area (Å²) in [4.78, 5) is 18.7. The van der Waals surface area contributed by atoms with Gasteiger partial charge in [0.25, 0.3) is 0 Å². The van der Waals surface area contributed by atoms with Gasteiger partial charge in [-0.25, -0.2) is 0 Å². The molecule has 1 rings (SSSR count). The van der Waals surface area contributed by atoms with E-state index in [0.717, 1.165) is 18.9 Å². The van der Waals surface area contributed by atoms with Gasteiger partial charge in [-0.2, -0.15) is 0 Å².